The van der Waals surface area contributed by atoms with Crippen molar-refractivity contribution in [2.75, 3.05) is 13.2 Å². The van der Waals surface area contributed by atoms with E-state index in [-0.39, 0.29) is 17.9 Å². The predicted molar refractivity (Wildman–Crippen MR) is 83.9 cm³/mol. The standard InChI is InChI=1S/C16H22N4O2/c1-10-5-11(8-17-7-10)18-15(22)14-12-3-4-16(2,9-21)6-13(12)19-20-14/h5,8,10,21H,3-4,6-7,9H2,1-2H3,(H,18,22)(H,19,20). The molecular weight excluding hydrogens is 280 g/mol. The molecule has 1 amide bonds. The second-order valence-corrected chi connectivity index (χ2v) is 6.72. The van der Waals surface area contributed by atoms with Crippen LogP contribution in [-0.2, 0) is 12.8 Å². The summed E-state index contributed by atoms with van der Waals surface area (Å²) in [4.78, 5) is 16.7. The van der Waals surface area contributed by atoms with Crippen molar-refractivity contribution in [3.05, 3.63) is 28.7 Å². The van der Waals surface area contributed by atoms with Gasteiger partial charge in [-0.3, -0.25) is 14.9 Å². The molecule has 1 aromatic heterocycles. The van der Waals surface area contributed by atoms with Gasteiger partial charge < -0.3 is 10.4 Å². The monoisotopic (exact) mass is 302 g/mol. The molecule has 2 heterocycles. The van der Waals surface area contributed by atoms with Gasteiger partial charge in [-0.2, -0.15) is 5.10 Å². The lowest BCUT2D eigenvalue weighted by Gasteiger charge is -2.31. The van der Waals surface area contributed by atoms with Crippen LogP contribution in [0.25, 0.3) is 0 Å². The number of hydrogen-bond acceptors (Lipinski definition) is 4. The lowest BCUT2D eigenvalue weighted by atomic mass is 9.75. The van der Waals surface area contributed by atoms with Gasteiger partial charge in [0, 0.05) is 30.6 Å². The van der Waals surface area contributed by atoms with Crippen LogP contribution in [0.2, 0.25) is 0 Å². The Labute approximate surface area is 129 Å². The minimum atomic E-state index is -0.197. The number of H-pyrrole nitrogens is 1. The Hall–Kier alpha value is -1.95. The summed E-state index contributed by atoms with van der Waals surface area (Å²) < 4.78 is 0. The largest absolute Gasteiger partial charge is 0.396 e. The molecule has 118 valence electrons. The highest BCUT2D eigenvalue weighted by atomic mass is 16.3. The van der Waals surface area contributed by atoms with E-state index in [0.717, 1.165) is 42.8 Å². The zero-order valence-electron chi connectivity index (χ0n) is 13.0. The average molecular weight is 302 g/mol. The molecule has 1 aliphatic heterocycles. The van der Waals surface area contributed by atoms with Gasteiger partial charge in [0.05, 0.1) is 5.70 Å². The van der Waals surface area contributed by atoms with Crippen molar-refractivity contribution in [1.82, 2.24) is 15.5 Å². The number of fused-ring (bicyclic) bond motifs is 1. The Bertz CT molecular complexity index is 647. The van der Waals surface area contributed by atoms with E-state index < -0.39 is 0 Å². The molecule has 6 nitrogen and oxygen atoms in total. The van der Waals surface area contributed by atoms with E-state index in [2.05, 4.69) is 34.4 Å². The van der Waals surface area contributed by atoms with Gasteiger partial charge in [0.15, 0.2) is 5.69 Å². The van der Waals surface area contributed by atoms with Gasteiger partial charge in [-0.25, -0.2) is 0 Å². The molecule has 1 aromatic rings. The first-order valence-electron chi connectivity index (χ1n) is 7.71. The van der Waals surface area contributed by atoms with E-state index in [1.54, 1.807) is 6.21 Å². The Kier molecular flexibility index (Phi) is 3.87. The van der Waals surface area contributed by atoms with Crippen molar-refractivity contribution in [1.29, 1.82) is 0 Å². The maximum atomic E-state index is 12.4. The maximum absolute atomic E-state index is 12.4. The van der Waals surface area contributed by atoms with E-state index in [4.69, 9.17) is 0 Å². The number of nitrogens with zero attached hydrogens (tertiary/aromatic N) is 2. The molecule has 0 spiro atoms. The summed E-state index contributed by atoms with van der Waals surface area (Å²) in [6, 6.07) is 0. The molecule has 0 bridgehead atoms. The molecule has 0 saturated heterocycles. The van der Waals surface area contributed by atoms with E-state index in [0.29, 0.717) is 11.6 Å². The third-order valence-electron chi connectivity index (χ3n) is 4.48. The Balaban J connectivity index is 1.77. The summed E-state index contributed by atoms with van der Waals surface area (Å²) in [6.07, 6.45) is 6.04. The first-order chi connectivity index (χ1) is 10.5. The zero-order chi connectivity index (χ0) is 15.7. The first kappa shape index (κ1) is 15.0. The van der Waals surface area contributed by atoms with Crippen LogP contribution in [-0.4, -0.2) is 40.6 Å². The number of hydrogen-bond donors (Lipinski definition) is 3. The van der Waals surface area contributed by atoms with Crippen molar-refractivity contribution in [3.8, 4) is 0 Å². The Morgan fingerprint density at radius 1 is 1.59 bits per heavy atom. The third kappa shape index (κ3) is 2.83. The van der Waals surface area contributed by atoms with Gasteiger partial charge in [0.1, 0.15) is 0 Å². The quantitative estimate of drug-likeness (QED) is 0.784. The summed E-state index contributed by atoms with van der Waals surface area (Å²) in [6.45, 7) is 5.03. The molecule has 0 radical (unpaired) electrons. The van der Waals surface area contributed by atoms with Gasteiger partial charge in [-0.15, -0.1) is 0 Å². The predicted octanol–water partition coefficient (Wildman–Crippen LogP) is 1.23. The molecule has 3 rings (SSSR count). The number of aromatic nitrogens is 2. The summed E-state index contributed by atoms with van der Waals surface area (Å²) in [5, 5.41) is 19.5. The smallest absolute Gasteiger partial charge is 0.276 e. The second-order valence-electron chi connectivity index (χ2n) is 6.72. The highest BCUT2D eigenvalue weighted by Gasteiger charge is 2.33. The summed E-state index contributed by atoms with van der Waals surface area (Å²) in [5.74, 6) is 0.135. The van der Waals surface area contributed by atoms with Gasteiger partial charge in [-0.05, 0) is 30.6 Å². The van der Waals surface area contributed by atoms with E-state index >= 15 is 0 Å². The van der Waals surface area contributed by atoms with E-state index in [9.17, 15) is 9.90 Å². The fraction of sp³-hybridized carbons (Fsp3) is 0.562. The number of nitrogens with one attached hydrogen (secondary N) is 2. The summed E-state index contributed by atoms with van der Waals surface area (Å²) >= 11 is 0. The van der Waals surface area contributed by atoms with Crippen molar-refractivity contribution in [2.24, 2.45) is 16.3 Å². The fourth-order valence-electron chi connectivity index (χ4n) is 3.07. The number of aliphatic imine (C=N–C) groups is 1. The average Bonchev–Trinajstić information content (AvgIpc) is 2.90. The van der Waals surface area contributed by atoms with Crippen LogP contribution < -0.4 is 5.32 Å². The van der Waals surface area contributed by atoms with Crippen LogP contribution in [0, 0.1) is 11.3 Å². The molecule has 0 saturated carbocycles. The van der Waals surface area contributed by atoms with Crippen LogP contribution in [0.1, 0.15) is 42.0 Å². The molecule has 22 heavy (non-hydrogen) atoms. The third-order valence-corrected chi connectivity index (χ3v) is 4.48. The zero-order valence-corrected chi connectivity index (χ0v) is 13.0. The van der Waals surface area contributed by atoms with Gasteiger partial charge in [0.2, 0.25) is 0 Å². The second kappa shape index (κ2) is 5.68. The number of amides is 1. The van der Waals surface area contributed by atoms with Gasteiger partial charge in [0.25, 0.3) is 5.91 Å². The molecule has 1 aliphatic carbocycles. The number of aromatic amines is 1. The molecule has 3 N–H and O–H groups in total. The van der Waals surface area contributed by atoms with Crippen LogP contribution in [0.15, 0.2) is 16.8 Å². The highest BCUT2D eigenvalue weighted by Crippen LogP contribution is 2.35. The van der Waals surface area contributed by atoms with E-state index in [1.165, 1.54) is 0 Å². The number of allylic oxidation sites excluding steroid dienone is 1. The first-order valence-corrected chi connectivity index (χ1v) is 7.71. The van der Waals surface area contributed by atoms with Crippen molar-refractivity contribution < 1.29 is 9.90 Å². The molecule has 0 aromatic carbocycles. The SMILES string of the molecule is CC1C=C(NC(=O)c2n[nH]c3c2CCC(C)(CO)C3)C=NC1. The van der Waals surface area contributed by atoms with E-state index in [1.807, 2.05) is 6.08 Å². The molecular formula is C16H22N4O2. The minimum Gasteiger partial charge on any atom is -0.396 e. The number of aliphatic hydroxyl groups excluding tert-OH is 1. The van der Waals surface area contributed by atoms with Crippen LogP contribution >= 0.6 is 0 Å². The topological polar surface area (TPSA) is 90.4 Å². The summed E-state index contributed by atoms with van der Waals surface area (Å²) in [5.41, 5.74) is 3.01. The number of carbonyl (C=O) groups excluding carboxylic acids is 1. The van der Waals surface area contributed by atoms with Crippen LogP contribution in [0.5, 0.6) is 0 Å². The number of dihydropyridines is 1. The fourth-order valence-corrected chi connectivity index (χ4v) is 3.07. The normalized spacial score (nSPS) is 27.2. The summed E-state index contributed by atoms with van der Waals surface area (Å²) in [7, 11) is 0. The molecule has 0 fully saturated rings. The number of carbonyl (C=O) groups is 1. The lowest BCUT2D eigenvalue weighted by Crippen LogP contribution is -2.31. The molecule has 2 aliphatic rings. The van der Waals surface area contributed by atoms with Gasteiger partial charge >= 0.3 is 0 Å². The molecule has 2 unspecified atom stereocenters. The maximum Gasteiger partial charge on any atom is 0.276 e. The lowest BCUT2D eigenvalue weighted by molar-refractivity contribution is 0.0960. The number of rotatable bonds is 3. The van der Waals surface area contributed by atoms with Crippen LogP contribution in [0.4, 0.5) is 0 Å². The molecule has 6 heteroatoms. The van der Waals surface area contributed by atoms with Gasteiger partial charge in [-0.1, -0.05) is 19.9 Å². The minimum absolute atomic E-state index is 0.124. The van der Waals surface area contributed by atoms with Crippen molar-refractivity contribution in [2.45, 2.75) is 33.1 Å². The van der Waals surface area contributed by atoms with Crippen LogP contribution in [0.3, 0.4) is 0 Å². The Morgan fingerprint density at radius 3 is 3.14 bits per heavy atom. The molecule has 2 atom stereocenters. The Morgan fingerprint density at radius 2 is 2.41 bits per heavy atom. The highest BCUT2D eigenvalue weighted by molar-refractivity contribution is 5.98. The van der Waals surface area contributed by atoms with Crippen molar-refractivity contribution in [3.63, 3.8) is 0 Å². The number of aliphatic hydroxyl groups is 1. The van der Waals surface area contributed by atoms with Crippen molar-refractivity contribution >= 4 is 12.1 Å².